The number of nitrogens with one attached hydrogen (secondary N) is 1. The van der Waals surface area contributed by atoms with Gasteiger partial charge >= 0.3 is 0 Å². The molecule has 1 fully saturated rings. The van der Waals surface area contributed by atoms with Crippen LogP contribution in [0.1, 0.15) is 27.6 Å². The van der Waals surface area contributed by atoms with Crippen molar-refractivity contribution in [2.24, 2.45) is 0 Å². The van der Waals surface area contributed by atoms with Gasteiger partial charge in [-0.2, -0.15) is 0 Å². The van der Waals surface area contributed by atoms with Crippen molar-refractivity contribution in [3.05, 3.63) is 95.6 Å². The molecule has 2 N–H and O–H groups in total. The molecule has 0 bridgehead atoms. The maximum absolute atomic E-state index is 12.6. The molecule has 3 aromatic carbocycles. The molecule has 0 radical (unpaired) electrons. The van der Waals surface area contributed by atoms with E-state index in [0.29, 0.717) is 29.1 Å². The summed E-state index contributed by atoms with van der Waals surface area (Å²) >= 11 is 0. The van der Waals surface area contributed by atoms with Crippen LogP contribution in [0.3, 0.4) is 0 Å². The minimum Gasteiger partial charge on any atom is -0.496 e. The molecule has 3 aromatic rings. The van der Waals surface area contributed by atoms with E-state index in [9.17, 15) is 14.7 Å². The number of nitrogens with zero attached hydrogens (tertiary/aromatic N) is 1. The summed E-state index contributed by atoms with van der Waals surface area (Å²) < 4.78 is 10.7. The second-order valence-electron chi connectivity index (χ2n) is 7.81. The van der Waals surface area contributed by atoms with E-state index in [-0.39, 0.29) is 25.0 Å². The van der Waals surface area contributed by atoms with Crippen molar-refractivity contribution in [2.75, 3.05) is 25.6 Å². The predicted octanol–water partition coefficient (Wildman–Crippen LogP) is 3.41. The lowest BCUT2D eigenvalue weighted by Crippen LogP contribution is -2.51. The van der Waals surface area contributed by atoms with Crippen LogP contribution in [0.4, 0.5) is 5.69 Å². The number of benzene rings is 3. The van der Waals surface area contributed by atoms with E-state index in [1.54, 1.807) is 53.4 Å². The normalized spacial score (nSPS) is 16.8. The van der Waals surface area contributed by atoms with Gasteiger partial charge in [0.25, 0.3) is 5.91 Å². The first-order valence-corrected chi connectivity index (χ1v) is 10.7. The first kappa shape index (κ1) is 22.5. The van der Waals surface area contributed by atoms with Gasteiger partial charge in [-0.05, 0) is 35.4 Å². The number of aliphatic hydroxyl groups excluding tert-OH is 1. The second-order valence-corrected chi connectivity index (χ2v) is 7.81. The topological polar surface area (TPSA) is 88.1 Å². The molecule has 7 nitrogen and oxygen atoms in total. The van der Waals surface area contributed by atoms with E-state index >= 15 is 0 Å². The van der Waals surface area contributed by atoms with Crippen molar-refractivity contribution >= 4 is 17.5 Å². The number of hydrogen-bond acceptors (Lipinski definition) is 5. The molecule has 1 saturated heterocycles. The first-order chi connectivity index (χ1) is 16.1. The largest absolute Gasteiger partial charge is 0.496 e. The number of hydrogen-bond donors (Lipinski definition) is 2. The maximum atomic E-state index is 12.6. The Morgan fingerprint density at radius 2 is 1.79 bits per heavy atom. The molecule has 2 amide bonds. The van der Waals surface area contributed by atoms with E-state index < -0.39 is 12.1 Å². The third kappa shape index (κ3) is 5.22. The Bertz CT molecular complexity index is 1100. The van der Waals surface area contributed by atoms with Gasteiger partial charge < -0.3 is 24.8 Å². The average molecular weight is 447 g/mol. The molecule has 2 unspecified atom stereocenters. The zero-order valence-electron chi connectivity index (χ0n) is 18.3. The molecule has 2 atom stereocenters. The minimum absolute atomic E-state index is 0.00394. The highest BCUT2D eigenvalue weighted by atomic mass is 16.5. The van der Waals surface area contributed by atoms with Gasteiger partial charge in [-0.25, -0.2) is 0 Å². The molecule has 4 rings (SSSR count). The van der Waals surface area contributed by atoms with Crippen molar-refractivity contribution < 1.29 is 24.2 Å². The Hall–Kier alpha value is -3.68. The summed E-state index contributed by atoms with van der Waals surface area (Å²) in [6.07, 6.45) is -0.933. The predicted molar refractivity (Wildman–Crippen MR) is 124 cm³/mol. The van der Waals surface area contributed by atoms with Crippen LogP contribution in [0.2, 0.25) is 0 Å². The highest BCUT2D eigenvalue weighted by molar-refractivity contribution is 6.06. The molecule has 1 aliphatic rings. The fourth-order valence-electron chi connectivity index (χ4n) is 3.89. The van der Waals surface area contributed by atoms with Crippen molar-refractivity contribution in [3.63, 3.8) is 0 Å². The average Bonchev–Trinajstić information content (AvgIpc) is 2.86. The van der Waals surface area contributed by atoms with Gasteiger partial charge in [-0.15, -0.1) is 0 Å². The fraction of sp³-hybridized carbons (Fsp3) is 0.231. The van der Waals surface area contributed by atoms with E-state index in [2.05, 4.69) is 5.32 Å². The van der Waals surface area contributed by atoms with Gasteiger partial charge in [0.05, 0.1) is 25.3 Å². The molecule has 0 aliphatic carbocycles. The van der Waals surface area contributed by atoms with Gasteiger partial charge in [0, 0.05) is 12.2 Å². The third-order valence-corrected chi connectivity index (χ3v) is 5.66. The Morgan fingerprint density at radius 1 is 1.09 bits per heavy atom. The van der Waals surface area contributed by atoms with Gasteiger partial charge in [0.2, 0.25) is 5.91 Å². The van der Waals surface area contributed by atoms with Crippen LogP contribution in [0.5, 0.6) is 5.75 Å². The van der Waals surface area contributed by atoms with Crippen molar-refractivity contribution in [1.29, 1.82) is 0 Å². The standard InChI is InChI=1S/C26H26N2O5/c1-32-23-10-6-5-9-21(23)26(31)27-20-13-11-19(12-14-20)25(30)22-16-33-17-24(29)28(22)15-18-7-3-2-4-8-18/h2-14,22,25,30H,15-17H2,1H3,(H,27,31). The summed E-state index contributed by atoms with van der Waals surface area (Å²) in [6.45, 7) is 0.647. The minimum atomic E-state index is -0.933. The van der Waals surface area contributed by atoms with Gasteiger partial charge in [0.1, 0.15) is 18.5 Å². The lowest BCUT2D eigenvalue weighted by molar-refractivity contribution is -0.155. The van der Waals surface area contributed by atoms with Crippen molar-refractivity contribution in [2.45, 2.75) is 18.7 Å². The molecule has 33 heavy (non-hydrogen) atoms. The Morgan fingerprint density at radius 3 is 2.52 bits per heavy atom. The molecule has 0 saturated carbocycles. The van der Waals surface area contributed by atoms with Crippen molar-refractivity contribution in [1.82, 2.24) is 4.90 Å². The Kier molecular flexibility index (Phi) is 7.02. The third-order valence-electron chi connectivity index (χ3n) is 5.66. The zero-order chi connectivity index (χ0) is 23.2. The molecule has 0 spiro atoms. The number of ether oxygens (including phenoxy) is 2. The number of amides is 2. The smallest absolute Gasteiger partial charge is 0.259 e. The summed E-state index contributed by atoms with van der Waals surface area (Å²) in [4.78, 5) is 26.8. The van der Waals surface area contributed by atoms with Crippen LogP contribution in [0, 0.1) is 0 Å². The number of methoxy groups -OCH3 is 1. The number of carbonyl (C=O) groups excluding carboxylic acids is 2. The number of anilines is 1. The highest BCUT2D eigenvalue weighted by Gasteiger charge is 2.34. The lowest BCUT2D eigenvalue weighted by Gasteiger charge is -2.38. The summed E-state index contributed by atoms with van der Waals surface area (Å²) in [7, 11) is 1.52. The van der Waals surface area contributed by atoms with Gasteiger partial charge in [-0.3, -0.25) is 9.59 Å². The van der Waals surface area contributed by atoms with Crippen LogP contribution in [-0.4, -0.2) is 48.2 Å². The molecular weight excluding hydrogens is 420 g/mol. The number of morpholine rings is 1. The summed E-state index contributed by atoms with van der Waals surface area (Å²) in [5.74, 6) is 0.0402. The molecule has 1 heterocycles. The quantitative estimate of drug-likeness (QED) is 0.581. The number of aliphatic hydroxyl groups is 1. The Labute approximate surface area is 192 Å². The number of rotatable bonds is 7. The monoisotopic (exact) mass is 446 g/mol. The maximum Gasteiger partial charge on any atom is 0.259 e. The van der Waals surface area contributed by atoms with Crippen LogP contribution in [0.25, 0.3) is 0 Å². The summed E-state index contributed by atoms with van der Waals surface area (Å²) in [6, 6.07) is 23.0. The van der Waals surface area contributed by atoms with Crippen LogP contribution >= 0.6 is 0 Å². The second kappa shape index (κ2) is 10.3. The highest BCUT2D eigenvalue weighted by Crippen LogP contribution is 2.27. The SMILES string of the molecule is COc1ccccc1C(=O)Nc1ccc(C(O)C2COCC(=O)N2Cc2ccccc2)cc1. The fourth-order valence-corrected chi connectivity index (χ4v) is 3.89. The van der Waals surface area contributed by atoms with E-state index in [1.165, 1.54) is 7.11 Å². The zero-order valence-corrected chi connectivity index (χ0v) is 18.3. The van der Waals surface area contributed by atoms with E-state index in [4.69, 9.17) is 9.47 Å². The lowest BCUT2D eigenvalue weighted by atomic mass is 9.99. The van der Waals surface area contributed by atoms with Gasteiger partial charge in [-0.1, -0.05) is 54.6 Å². The van der Waals surface area contributed by atoms with Crippen LogP contribution in [-0.2, 0) is 16.1 Å². The molecule has 1 aliphatic heterocycles. The Balaban J connectivity index is 1.47. The number of para-hydroxylation sites is 1. The summed E-state index contributed by atoms with van der Waals surface area (Å²) in [5.41, 5.74) is 2.63. The van der Waals surface area contributed by atoms with E-state index in [1.807, 2.05) is 30.3 Å². The molecule has 7 heteroatoms. The first-order valence-electron chi connectivity index (χ1n) is 10.7. The number of carbonyl (C=O) groups is 2. The van der Waals surface area contributed by atoms with Crippen LogP contribution < -0.4 is 10.1 Å². The molecule has 0 aromatic heterocycles. The molecule has 170 valence electrons. The molecular formula is C26H26N2O5. The van der Waals surface area contributed by atoms with Crippen LogP contribution in [0.15, 0.2) is 78.9 Å². The summed E-state index contributed by atoms with van der Waals surface area (Å²) in [5, 5.41) is 13.9. The van der Waals surface area contributed by atoms with E-state index in [0.717, 1.165) is 5.56 Å². The van der Waals surface area contributed by atoms with Crippen molar-refractivity contribution in [3.8, 4) is 5.75 Å². The van der Waals surface area contributed by atoms with Gasteiger partial charge in [0.15, 0.2) is 0 Å².